The van der Waals surface area contributed by atoms with E-state index in [0.717, 1.165) is 17.9 Å². The van der Waals surface area contributed by atoms with Gasteiger partial charge in [-0.05, 0) is 30.5 Å². The number of morpholine rings is 1. The molecule has 2 atom stereocenters. The first kappa shape index (κ1) is 33.1. The second kappa shape index (κ2) is 14.9. The second-order valence-corrected chi connectivity index (χ2v) is 12.1. The number of nitrogens with one attached hydrogen (secondary N) is 2. The molecule has 0 aliphatic carbocycles. The van der Waals surface area contributed by atoms with Gasteiger partial charge in [-0.25, -0.2) is 8.78 Å². The molecule has 0 radical (unpaired) electrons. The lowest BCUT2D eigenvalue weighted by molar-refractivity contribution is -0.126. The number of alkyl halides is 4. The smallest absolute Gasteiger partial charge is 0.393 e. The summed E-state index contributed by atoms with van der Waals surface area (Å²) in [5.41, 5.74) is 1.45. The molecule has 2 aliphatic heterocycles. The number of likely N-dealkylation sites (tertiary alicyclic amines) is 1. The highest BCUT2D eigenvalue weighted by atomic mass is 32.1. The lowest BCUT2D eigenvalue weighted by atomic mass is 10.0. The molecule has 13 heteroatoms. The Labute approximate surface area is 263 Å². The van der Waals surface area contributed by atoms with Crippen molar-refractivity contribution < 1.29 is 36.2 Å². The Bertz CT molecular complexity index is 1520. The van der Waals surface area contributed by atoms with Gasteiger partial charge in [0.05, 0.1) is 65.5 Å². The van der Waals surface area contributed by atoms with Gasteiger partial charge in [0.15, 0.2) is 0 Å². The van der Waals surface area contributed by atoms with E-state index in [1.54, 1.807) is 31.4 Å². The van der Waals surface area contributed by atoms with E-state index in [0.29, 0.717) is 78.8 Å². The Morgan fingerprint density at radius 2 is 1.91 bits per heavy atom. The van der Waals surface area contributed by atoms with Gasteiger partial charge in [0.2, 0.25) is 0 Å². The van der Waals surface area contributed by atoms with Gasteiger partial charge in [-0.1, -0.05) is 24.0 Å². The Kier molecular flexibility index (Phi) is 10.9. The van der Waals surface area contributed by atoms with Gasteiger partial charge in [-0.3, -0.25) is 0 Å². The SMILES string of the molecule is COCCOc1cc(N2CCOCC2)c(F)cc1NCC#Cc1sc2c(NC3CCN(C)CC3F)cccc2c1CC(F)(F)F. The fourth-order valence-electron chi connectivity index (χ4n) is 5.53. The quantitative estimate of drug-likeness (QED) is 0.160. The number of nitrogens with zero attached hydrogens (tertiary/aromatic N) is 2. The number of hydrogen-bond acceptors (Lipinski definition) is 8. The molecule has 1 aromatic heterocycles. The van der Waals surface area contributed by atoms with Gasteiger partial charge in [-0.2, -0.15) is 13.2 Å². The maximum atomic E-state index is 15.2. The van der Waals surface area contributed by atoms with Gasteiger partial charge in [0.1, 0.15) is 24.3 Å². The third kappa shape index (κ3) is 8.49. The molecule has 0 bridgehead atoms. The van der Waals surface area contributed by atoms with Crippen molar-refractivity contribution >= 4 is 38.5 Å². The zero-order valence-corrected chi connectivity index (χ0v) is 26.1. The van der Waals surface area contributed by atoms with Gasteiger partial charge in [-0.15, -0.1) is 11.3 Å². The van der Waals surface area contributed by atoms with Crippen molar-refractivity contribution in [1.82, 2.24) is 4.90 Å². The van der Waals surface area contributed by atoms with Crippen LogP contribution in [0.15, 0.2) is 30.3 Å². The predicted molar refractivity (Wildman–Crippen MR) is 168 cm³/mol. The van der Waals surface area contributed by atoms with E-state index in [9.17, 15) is 17.6 Å². The molecule has 0 amide bonds. The van der Waals surface area contributed by atoms with Crippen molar-refractivity contribution in [1.29, 1.82) is 0 Å². The largest absolute Gasteiger partial charge is 0.489 e. The molecule has 244 valence electrons. The molecule has 2 saturated heterocycles. The van der Waals surface area contributed by atoms with Crippen LogP contribution in [-0.4, -0.2) is 96.6 Å². The molecule has 2 unspecified atom stereocenters. The number of methoxy groups -OCH3 is 1. The third-order valence-corrected chi connectivity index (χ3v) is 8.99. The molecule has 45 heavy (non-hydrogen) atoms. The standard InChI is InChI=1S/C32H37F5N4O3S/c1-40-10-8-25(24(34)20-40)39-26-6-3-5-21-22(19-32(35,36)37)30(45-31(21)26)7-4-9-38-27-17-23(33)28(41-11-13-43-14-12-41)18-29(27)44-16-15-42-2/h3,5-6,17-18,24-25,38-39H,8-16,19-20H2,1-2H3. The number of benzene rings is 2. The normalized spacial score (nSPS) is 19.3. The summed E-state index contributed by atoms with van der Waals surface area (Å²) in [4.78, 5) is 4.09. The van der Waals surface area contributed by atoms with Crippen molar-refractivity contribution in [3.8, 4) is 17.6 Å². The van der Waals surface area contributed by atoms with Crippen molar-refractivity contribution in [3.63, 3.8) is 0 Å². The van der Waals surface area contributed by atoms with Crippen LogP contribution in [0.1, 0.15) is 16.9 Å². The van der Waals surface area contributed by atoms with E-state index in [1.165, 1.54) is 6.07 Å². The van der Waals surface area contributed by atoms with Crippen LogP contribution in [0.4, 0.5) is 39.0 Å². The highest BCUT2D eigenvalue weighted by Gasteiger charge is 2.32. The Balaban J connectivity index is 1.39. The Hall–Kier alpha value is -3.31. The van der Waals surface area contributed by atoms with Crippen molar-refractivity contribution in [2.75, 3.05) is 88.8 Å². The predicted octanol–water partition coefficient (Wildman–Crippen LogP) is 5.92. The summed E-state index contributed by atoms with van der Waals surface area (Å²) in [5, 5.41) is 6.75. The highest BCUT2D eigenvalue weighted by molar-refractivity contribution is 7.20. The van der Waals surface area contributed by atoms with E-state index >= 15 is 4.39 Å². The number of rotatable bonds is 10. The highest BCUT2D eigenvalue weighted by Crippen LogP contribution is 2.40. The summed E-state index contributed by atoms with van der Waals surface area (Å²) in [6.45, 7) is 3.70. The average molecular weight is 653 g/mol. The molecule has 2 N–H and O–H groups in total. The number of anilines is 3. The van der Waals surface area contributed by atoms with Crippen molar-refractivity contribution in [2.45, 2.75) is 31.2 Å². The van der Waals surface area contributed by atoms with Gasteiger partial charge >= 0.3 is 6.18 Å². The number of thiophene rings is 1. The van der Waals surface area contributed by atoms with E-state index in [2.05, 4.69) is 22.5 Å². The van der Waals surface area contributed by atoms with Crippen LogP contribution >= 0.6 is 11.3 Å². The van der Waals surface area contributed by atoms with E-state index in [-0.39, 0.29) is 23.6 Å². The molecule has 5 rings (SSSR count). The van der Waals surface area contributed by atoms with Crippen molar-refractivity contribution in [2.24, 2.45) is 0 Å². The molecule has 3 heterocycles. The van der Waals surface area contributed by atoms with Crippen LogP contribution in [0.25, 0.3) is 10.1 Å². The topological polar surface area (TPSA) is 58.2 Å². The van der Waals surface area contributed by atoms with Crippen LogP contribution in [0.5, 0.6) is 5.75 Å². The molecule has 2 aromatic carbocycles. The Morgan fingerprint density at radius 3 is 2.64 bits per heavy atom. The first-order valence-electron chi connectivity index (χ1n) is 14.8. The zero-order valence-electron chi connectivity index (χ0n) is 25.2. The van der Waals surface area contributed by atoms with Gasteiger partial charge in [0.25, 0.3) is 0 Å². The lowest BCUT2D eigenvalue weighted by Crippen LogP contribution is -2.46. The minimum Gasteiger partial charge on any atom is -0.489 e. The first-order chi connectivity index (χ1) is 21.6. The molecule has 2 fully saturated rings. The molecule has 0 spiro atoms. The average Bonchev–Trinajstić information content (AvgIpc) is 3.34. The summed E-state index contributed by atoms with van der Waals surface area (Å²) >= 11 is 1.15. The number of piperidine rings is 1. The fraction of sp³-hybridized carbons (Fsp3) is 0.500. The molecule has 7 nitrogen and oxygen atoms in total. The molecule has 3 aromatic rings. The number of hydrogen-bond donors (Lipinski definition) is 2. The molecule has 0 saturated carbocycles. The van der Waals surface area contributed by atoms with Gasteiger partial charge < -0.3 is 34.6 Å². The molecular weight excluding hydrogens is 615 g/mol. The molecule has 2 aliphatic rings. The molecular formula is C32H37F5N4O3S. The minimum absolute atomic E-state index is 0.0287. The van der Waals surface area contributed by atoms with Gasteiger partial charge in [0, 0.05) is 45.4 Å². The summed E-state index contributed by atoms with van der Waals surface area (Å²) in [7, 11) is 3.41. The number of fused-ring (bicyclic) bond motifs is 1. The summed E-state index contributed by atoms with van der Waals surface area (Å²) < 4.78 is 87.9. The van der Waals surface area contributed by atoms with Crippen LogP contribution in [0.3, 0.4) is 0 Å². The van der Waals surface area contributed by atoms with Crippen molar-refractivity contribution in [3.05, 3.63) is 46.6 Å². The maximum absolute atomic E-state index is 15.2. The monoisotopic (exact) mass is 652 g/mol. The van der Waals surface area contributed by atoms with Crippen LogP contribution < -0.4 is 20.3 Å². The fourth-order valence-corrected chi connectivity index (χ4v) is 6.70. The minimum atomic E-state index is -4.45. The first-order valence-corrected chi connectivity index (χ1v) is 15.7. The summed E-state index contributed by atoms with van der Waals surface area (Å²) in [5.74, 6) is 5.79. The van der Waals surface area contributed by atoms with E-state index in [1.807, 2.05) is 16.8 Å². The van der Waals surface area contributed by atoms with E-state index < -0.39 is 30.6 Å². The second-order valence-electron chi connectivity index (χ2n) is 11.1. The number of halogens is 5. The van der Waals surface area contributed by atoms with E-state index in [4.69, 9.17) is 14.2 Å². The zero-order chi connectivity index (χ0) is 32.0. The summed E-state index contributed by atoms with van der Waals surface area (Å²) in [6.07, 6.45) is -6.11. The maximum Gasteiger partial charge on any atom is 0.393 e. The Morgan fingerprint density at radius 1 is 1.11 bits per heavy atom. The third-order valence-electron chi connectivity index (χ3n) is 7.80. The number of ether oxygens (including phenoxy) is 3. The van der Waals surface area contributed by atoms with Crippen LogP contribution in [-0.2, 0) is 15.9 Å². The van der Waals surface area contributed by atoms with Crippen LogP contribution in [0, 0.1) is 17.7 Å². The van der Waals surface area contributed by atoms with Crippen LogP contribution in [0.2, 0.25) is 0 Å². The lowest BCUT2D eigenvalue weighted by Gasteiger charge is -2.33. The summed E-state index contributed by atoms with van der Waals surface area (Å²) in [6, 6.07) is 7.61.